The van der Waals surface area contributed by atoms with Crippen LogP contribution in [0.2, 0.25) is 0 Å². The molecule has 0 aliphatic carbocycles. The van der Waals surface area contributed by atoms with Gasteiger partial charge in [-0.05, 0) is 12.3 Å². The van der Waals surface area contributed by atoms with Crippen molar-refractivity contribution in [2.24, 2.45) is 11.7 Å². The van der Waals surface area contributed by atoms with Gasteiger partial charge in [0.1, 0.15) is 0 Å². The predicted molar refractivity (Wildman–Crippen MR) is 58.9 cm³/mol. The van der Waals surface area contributed by atoms with E-state index in [1.54, 1.807) is 4.90 Å². The van der Waals surface area contributed by atoms with E-state index in [2.05, 4.69) is 10.2 Å². The predicted octanol–water partition coefficient (Wildman–Crippen LogP) is 1.73. The molecule has 0 aromatic carbocycles. The highest BCUT2D eigenvalue weighted by Gasteiger charge is 2.36. The van der Waals surface area contributed by atoms with Gasteiger partial charge in [0.2, 0.25) is 10.1 Å². The number of hydrogen-bond acceptors (Lipinski definition) is 5. The molecule has 0 bridgehead atoms. The van der Waals surface area contributed by atoms with Gasteiger partial charge in [-0.15, -0.1) is 10.2 Å². The lowest BCUT2D eigenvalue weighted by Gasteiger charge is -2.34. The molecule has 1 aromatic heterocycles. The van der Waals surface area contributed by atoms with Crippen LogP contribution in [0.15, 0.2) is 0 Å². The summed E-state index contributed by atoms with van der Waals surface area (Å²) in [7, 11) is 0. The van der Waals surface area contributed by atoms with E-state index in [0.29, 0.717) is 35.5 Å². The SMILES string of the molecule is CC1CC(N)CN(c2nnc(C(F)(F)F)s2)C1. The fraction of sp³-hybridized carbons (Fsp3) is 0.778. The summed E-state index contributed by atoms with van der Waals surface area (Å²) >= 11 is 0.574. The van der Waals surface area contributed by atoms with Crippen molar-refractivity contribution in [2.45, 2.75) is 25.6 Å². The van der Waals surface area contributed by atoms with Crippen molar-refractivity contribution in [3.63, 3.8) is 0 Å². The number of nitrogens with two attached hydrogens (primary N) is 1. The smallest absolute Gasteiger partial charge is 0.345 e. The monoisotopic (exact) mass is 266 g/mol. The topological polar surface area (TPSA) is 55.0 Å². The van der Waals surface area contributed by atoms with Crippen LogP contribution in [0.25, 0.3) is 0 Å². The summed E-state index contributed by atoms with van der Waals surface area (Å²) in [6, 6.07) is -0.0167. The molecule has 2 atom stereocenters. The molecule has 17 heavy (non-hydrogen) atoms. The Morgan fingerprint density at radius 2 is 2.06 bits per heavy atom. The molecule has 1 saturated heterocycles. The third-order valence-corrected chi connectivity index (χ3v) is 3.65. The van der Waals surface area contributed by atoms with E-state index < -0.39 is 11.2 Å². The molecule has 0 amide bonds. The molecular formula is C9H13F3N4S. The van der Waals surface area contributed by atoms with E-state index in [1.165, 1.54) is 0 Å². The molecule has 1 fully saturated rings. The number of rotatable bonds is 1. The Hall–Kier alpha value is -0.890. The third-order valence-electron chi connectivity index (χ3n) is 2.62. The Morgan fingerprint density at radius 1 is 1.35 bits per heavy atom. The Bertz CT molecular complexity index is 382. The van der Waals surface area contributed by atoms with Crippen molar-refractivity contribution in [1.29, 1.82) is 0 Å². The van der Waals surface area contributed by atoms with E-state index in [4.69, 9.17) is 5.73 Å². The van der Waals surface area contributed by atoms with Gasteiger partial charge in [0.05, 0.1) is 0 Å². The largest absolute Gasteiger partial charge is 0.445 e. The number of aromatic nitrogens is 2. The molecule has 2 heterocycles. The average molecular weight is 266 g/mol. The first kappa shape index (κ1) is 12.6. The summed E-state index contributed by atoms with van der Waals surface area (Å²) in [5.74, 6) is 0.358. The summed E-state index contributed by atoms with van der Waals surface area (Å²) in [5.41, 5.74) is 5.84. The van der Waals surface area contributed by atoms with Gasteiger partial charge in [-0.25, -0.2) is 0 Å². The molecule has 8 heteroatoms. The molecule has 1 aromatic rings. The Kier molecular flexibility index (Phi) is 3.26. The van der Waals surface area contributed by atoms with Crippen molar-refractivity contribution in [3.8, 4) is 0 Å². The van der Waals surface area contributed by atoms with Crippen LogP contribution in [0.5, 0.6) is 0 Å². The van der Waals surface area contributed by atoms with E-state index in [9.17, 15) is 13.2 Å². The number of hydrogen-bond donors (Lipinski definition) is 1. The van der Waals surface area contributed by atoms with E-state index in [-0.39, 0.29) is 6.04 Å². The summed E-state index contributed by atoms with van der Waals surface area (Å²) in [5, 5.41) is 6.17. The zero-order valence-corrected chi connectivity index (χ0v) is 10.1. The highest BCUT2D eigenvalue weighted by atomic mass is 32.1. The minimum Gasteiger partial charge on any atom is -0.345 e. The molecule has 0 radical (unpaired) electrons. The average Bonchev–Trinajstić information content (AvgIpc) is 2.63. The van der Waals surface area contributed by atoms with Crippen LogP contribution in [0, 0.1) is 5.92 Å². The van der Waals surface area contributed by atoms with Gasteiger partial charge >= 0.3 is 6.18 Å². The van der Waals surface area contributed by atoms with Gasteiger partial charge in [0, 0.05) is 19.1 Å². The normalized spacial score (nSPS) is 26.3. The second-order valence-corrected chi connectivity index (χ2v) is 5.35. The Morgan fingerprint density at radius 3 is 2.59 bits per heavy atom. The zero-order chi connectivity index (χ0) is 12.6. The summed E-state index contributed by atoms with van der Waals surface area (Å²) < 4.78 is 37.2. The minimum absolute atomic E-state index is 0.0167. The number of anilines is 1. The van der Waals surface area contributed by atoms with Gasteiger partial charge in [0.15, 0.2) is 0 Å². The fourth-order valence-corrected chi connectivity index (χ4v) is 2.74. The molecule has 2 rings (SSSR count). The number of halogens is 3. The maximum atomic E-state index is 12.4. The highest BCUT2D eigenvalue weighted by Crippen LogP contribution is 2.35. The standard InChI is InChI=1S/C9H13F3N4S/c1-5-2-6(13)4-16(3-5)8-15-14-7(17-8)9(10,11)12/h5-6H,2-4,13H2,1H3. The maximum Gasteiger partial charge on any atom is 0.445 e. The van der Waals surface area contributed by atoms with Crippen LogP contribution in [0.4, 0.5) is 18.3 Å². The molecule has 4 nitrogen and oxygen atoms in total. The van der Waals surface area contributed by atoms with Crippen LogP contribution in [0.3, 0.4) is 0 Å². The lowest BCUT2D eigenvalue weighted by atomic mass is 9.97. The van der Waals surface area contributed by atoms with Crippen molar-refractivity contribution < 1.29 is 13.2 Å². The summed E-state index contributed by atoms with van der Waals surface area (Å²) in [4.78, 5) is 1.78. The number of piperidine rings is 1. The Balaban J connectivity index is 2.14. The quantitative estimate of drug-likeness (QED) is 0.841. The maximum absolute atomic E-state index is 12.4. The second kappa shape index (κ2) is 4.41. The lowest BCUT2D eigenvalue weighted by Crippen LogP contribution is -2.46. The highest BCUT2D eigenvalue weighted by molar-refractivity contribution is 7.15. The van der Waals surface area contributed by atoms with Gasteiger partial charge in [-0.2, -0.15) is 13.2 Å². The first-order valence-electron chi connectivity index (χ1n) is 5.27. The Labute approximate surface area is 101 Å². The van der Waals surface area contributed by atoms with Crippen molar-refractivity contribution in [2.75, 3.05) is 18.0 Å². The molecule has 96 valence electrons. The first-order valence-corrected chi connectivity index (χ1v) is 6.09. The molecule has 2 N–H and O–H groups in total. The molecule has 0 saturated carbocycles. The van der Waals surface area contributed by atoms with E-state index in [0.717, 1.165) is 6.42 Å². The molecule has 0 spiro atoms. The van der Waals surface area contributed by atoms with Crippen LogP contribution < -0.4 is 10.6 Å². The van der Waals surface area contributed by atoms with Crippen LogP contribution >= 0.6 is 11.3 Å². The third kappa shape index (κ3) is 2.86. The van der Waals surface area contributed by atoms with Crippen molar-refractivity contribution in [1.82, 2.24) is 10.2 Å². The minimum atomic E-state index is -4.42. The number of alkyl halides is 3. The van der Waals surface area contributed by atoms with Crippen molar-refractivity contribution >= 4 is 16.5 Å². The van der Waals surface area contributed by atoms with E-state index in [1.807, 2.05) is 6.92 Å². The summed E-state index contributed by atoms with van der Waals surface area (Å²) in [6.07, 6.45) is -3.53. The molecule has 2 unspecified atom stereocenters. The summed E-state index contributed by atoms with van der Waals surface area (Å²) in [6.45, 7) is 3.24. The second-order valence-electron chi connectivity index (χ2n) is 4.39. The molecule has 1 aliphatic rings. The van der Waals surface area contributed by atoms with Crippen molar-refractivity contribution in [3.05, 3.63) is 5.01 Å². The van der Waals surface area contributed by atoms with Gasteiger partial charge in [-0.3, -0.25) is 0 Å². The number of nitrogens with zero attached hydrogens (tertiary/aromatic N) is 3. The fourth-order valence-electron chi connectivity index (χ4n) is 2.01. The van der Waals surface area contributed by atoms with Gasteiger partial charge in [0.25, 0.3) is 0 Å². The first-order chi connectivity index (χ1) is 7.86. The van der Waals surface area contributed by atoms with Gasteiger partial charge in [-0.1, -0.05) is 18.3 Å². The van der Waals surface area contributed by atoms with Crippen LogP contribution in [-0.2, 0) is 6.18 Å². The molecular weight excluding hydrogens is 253 g/mol. The molecule has 1 aliphatic heterocycles. The lowest BCUT2D eigenvalue weighted by molar-refractivity contribution is -0.138. The zero-order valence-electron chi connectivity index (χ0n) is 9.24. The van der Waals surface area contributed by atoms with Gasteiger partial charge < -0.3 is 10.6 Å². The van der Waals surface area contributed by atoms with Crippen LogP contribution in [-0.4, -0.2) is 29.3 Å². The van der Waals surface area contributed by atoms with E-state index >= 15 is 0 Å². The van der Waals surface area contributed by atoms with Crippen LogP contribution in [0.1, 0.15) is 18.4 Å².